The van der Waals surface area contributed by atoms with Crippen LogP contribution in [0.15, 0.2) is 24.3 Å². The summed E-state index contributed by atoms with van der Waals surface area (Å²) in [6, 6.07) is 7.25. The van der Waals surface area contributed by atoms with Gasteiger partial charge in [0.15, 0.2) is 6.10 Å². The van der Waals surface area contributed by atoms with Gasteiger partial charge in [0.2, 0.25) is 11.8 Å². The van der Waals surface area contributed by atoms with E-state index in [0.29, 0.717) is 17.9 Å². The first-order valence-corrected chi connectivity index (χ1v) is 10.9. The van der Waals surface area contributed by atoms with E-state index in [-0.39, 0.29) is 24.3 Å². The molecular formula is C23H29N3O5. The summed E-state index contributed by atoms with van der Waals surface area (Å²) in [4.78, 5) is 54.3. The number of fused-ring (bicyclic) bond motifs is 1. The average Bonchev–Trinajstić information content (AvgIpc) is 3.37. The predicted molar refractivity (Wildman–Crippen MR) is 114 cm³/mol. The number of likely N-dealkylation sites (tertiary alicyclic amines) is 1. The fourth-order valence-corrected chi connectivity index (χ4v) is 4.81. The van der Waals surface area contributed by atoms with Crippen LogP contribution in [0.4, 0.5) is 11.4 Å². The van der Waals surface area contributed by atoms with Gasteiger partial charge >= 0.3 is 5.97 Å². The van der Waals surface area contributed by atoms with Crippen LogP contribution in [0.25, 0.3) is 0 Å². The number of rotatable bonds is 4. The zero-order valence-electron chi connectivity index (χ0n) is 18.2. The third kappa shape index (κ3) is 3.79. The summed E-state index contributed by atoms with van der Waals surface area (Å²) in [5, 5.41) is 2.81. The number of hydrogen-bond acceptors (Lipinski definition) is 5. The fraction of sp³-hybridized carbons (Fsp3) is 0.565. The monoisotopic (exact) mass is 427 g/mol. The normalized spacial score (nSPS) is 24.0. The summed E-state index contributed by atoms with van der Waals surface area (Å²) in [7, 11) is 0. The molecular weight excluding hydrogens is 398 g/mol. The Morgan fingerprint density at radius 3 is 2.55 bits per heavy atom. The molecule has 8 nitrogen and oxygen atoms in total. The van der Waals surface area contributed by atoms with Gasteiger partial charge in [-0.3, -0.25) is 24.1 Å². The van der Waals surface area contributed by atoms with E-state index in [1.165, 1.54) is 11.8 Å². The lowest BCUT2D eigenvalue weighted by atomic mass is 9.95. The molecule has 3 aliphatic rings. The maximum Gasteiger partial charge on any atom is 0.312 e. The summed E-state index contributed by atoms with van der Waals surface area (Å²) < 4.78 is 5.51. The lowest BCUT2D eigenvalue weighted by Crippen LogP contribution is -2.60. The van der Waals surface area contributed by atoms with E-state index in [4.69, 9.17) is 4.74 Å². The van der Waals surface area contributed by atoms with E-state index in [2.05, 4.69) is 5.32 Å². The number of benzene rings is 1. The van der Waals surface area contributed by atoms with Crippen molar-refractivity contribution in [2.45, 2.75) is 70.6 Å². The summed E-state index contributed by atoms with van der Waals surface area (Å²) >= 11 is 0. The van der Waals surface area contributed by atoms with E-state index in [1.807, 2.05) is 0 Å². The van der Waals surface area contributed by atoms with Gasteiger partial charge in [0.1, 0.15) is 5.54 Å². The molecule has 8 heteroatoms. The third-order valence-electron chi connectivity index (χ3n) is 6.63. The van der Waals surface area contributed by atoms with E-state index in [9.17, 15) is 19.2 Å². The molecule has 31 heavy (non-hydrogen) atoms. The van der Waals surface area contributed by atoms with Crippen molar-refractivity contribution in [2.75, 3.05) is 16.8 Å². The highest BCUT2D eigenvalue weighted by Gasteiger charge is 2.46. The van der Waals surface area contributed by atoms with Crippen molar-refractivity contribution in [3.05, 3.63) is 24.3 Å². The first-order valence-electron chi connectivity index (χ1n) is 10.9. The number of ether oxygens (including phenoxy) is 1. The Labute approximate surface area is 181 Å². The molecule has 0 unspecified atom stereocenters. The highest BCUT2D eigenvalue weighted by molar-refractivity contribution is 6.15. The summed E-state index contributed by atoms with van der Waals surface area (Å²) in [5.41, 5.74) is -0.0509. The Morgan fingerprint density at radius 1 is 1.16 bits per heavy atom. The molecule has 1 aliphatic carbocycles. The number of para-hydroxylation sites is 2. The van der Waals surface area contributed by atoms with Crippen molar-refractivity contribution >= 4 is 35.1 Å². The molecule has 0 radical (unpaired) electrons. The van der Waals surface area contributed by atoms with Crippen LogP contribution < -0.4 is 10.2 Å². The molecule has 2 aliphatic heterocycles. The number of anilines is 2. The quantitative estimate of drug-likeness (QED) is 0.745. The summed E-state index contributed by atoms with van der Waals surface area (Å²) in [6.45, 7) is 5.17. The first-order chi connectivity index (χ1) is 14.7. The van der Waals surface area contributed by atoms with Crippen LogP contribution in [-0.2, 0) is 23.9 Å². The van der Waals surface area contributed by atoms with Gasteiger partial charge in [0.05, 0.1) is 17.3 Å². The second-order valence-corrected chi connectivity index (χ2v) is 9.17. The van der Waals surface area contributed by atoms with E-state index in [1.54, 1.807) is 43.0 Å². The van der Waals surface area contributed by atoms with E-state index < -0.39 is 29.4 Å². The largest absolute Gasteiger partial charge is 0.452 e. The third-order valence-corrected chi connectivity index (χ3v) is 6.63. The standard InChI is InChI=1S/C23H29N3O5/c1-14(31-21(29)15-12-19(27)25(13-15)16-8-4-5-9-16)20(28)26-18-11-7-6-10-17(18)24-22(30)23(26,2)3/h6-7,10-11,14-16H,4-5,8-9,12-13H2,1-3H3,(H,24,30)/t14-,15-/m1/s1. The summed E-state index contributed by atoms with van der Waals surface area (Å²) in [6.07, 6.45) is 3.21. The van der Waals surface area contributed by atoms with Crippen molar-refractivity contribution in [1.82, 2.24) is 4.90 Å². The molecule has 3 amide bonds. The maximum atomic E-state index is 13.3. The van der Waals surface area contributed by atoms with Gasteiger partial charge in [-0.05, 0) is 45.7 Å². The molecule has 2 atom stereocenters. The van der Waals surface area contributed by atoms with Crippen LogP contribution in [0.3, 0.4) is 0 Å². The number of carbonyl (C=O) groups is 4. The first kappa shape index (κ1) is 21.3. The average molecular weight is 428 g/mol. The zero-order valence-corrected chi connectivity index (χ0v) is 18.2. The highest BCUT2D eigenvalue weighted by atomic mass is 16.5. The SMILES string of the molecule is C[C@@H](OC(=O)[C@@H]1CC(=O)N(C2CCCC2)C1)C(=O)N1c2ccccc2NC(=O)C1(C)C. The molecule has 2 heterocycles. The van der Waals surface area contributed by atoms with Crippen molar-refractivity contribution in [3.63, 3.8) is 0 Å². The van der Waals surface area contributed by atoms with Gasteiger partial charge in [0.25, 0.3) is 5.91 Å². The Morgan fingerprint density at radius 2 is 1.84 bits per heavy atom. The molecule has 166 valence electrons. The summed E-state index contributed by atoms with van der Waals surface area (Å²) in [5.74, 6) is -1.91. The number of nitrogens with one attached hydrogen (secondary N) is 1. The van der Waals surface area contributed by atoms with Crippen LogP contribution >= 0.6 is 0 Å². The van der Waals surface area contributed by atoms with Crippen LogP contribution in [0, 0.1) is 5.92 Å². The second kappa shape index (κ2) is 7.98. The minimum Gasteiger partial charge on any atom is -0.452 e. The minimum absolute atomic E-state index is 0.0180. The Bertz CT molecular complexity index is 922. The van der Waals surface area contributed by atoms with E-state index >= 15 is 0 Å². The number of hydrogen-bond donors (Lipinski definition) is 1. The van der Waals surface area contributed by atoms with Gasteiger partial charge in [-0.1, -0.05) is 25.0 Å². The van der Waals surface area contributed by atoms with Crippen molar-refractivity contribution in [2.24, 2.45) is 5.92 Å². The molecule has 1 saturated heterocycles. The molecule has 1 N–H and O–H groups in total. The van der Waals surface area contributed by atoms with Crippen LogP contribution in [-0.4, -0.2) is 52.8 Å². The smallest absolute Gasteiger partial charge is 0.312 e. The molecule has 1 aromatic carbocycles. The van der Waals surface area contributed by atoms with Crippen molar-refractivity contribution < 1.29 is 23.9 Å². The second-order valence-electron chi connectivity index (χ2n) is 9.17. The molecule has 0 bridgehead atoms. The zero-order chi connectivity index (χ0) is 22.3. The number of carbonyl (C=O) groups excluding carboxylic acids is 4. The van der Waals surface area contributed by atoms with Crippen molar-refractivity contribution in [3.8, 4) is 0 Å². The fourth-order valence-electron chi connectivity index (χ4n) is 4.81. The molecule has 4 rings (SSSR count). The van der Waals surface area contributed by atoms with Crippen LogP contribution in [0.2, 0.25) is 0 Å². The van der Waals surface area contributed by atoms with Crippen LogP contribution in [0.5, 0.6) is 0 Å². The van der Waals surface area contributed by atoms with Gasteiger partial charge in [-0.2, -0.15) is 0 Å². The number of amides is 3. The Balaban J connectivity index is 1.46. The molecule has 0 aromatic heterocycles. The topological polar surface area (TPSA) is 96.0 Å². The van der Waals surface area contributed by atoms with Crippen molar-refractivity contribution in [1.29, 1.82) is 0 Å². The Hall–Kier alpha value is -2.90. The number of nitrogens with zero attached hydrogens (tertiary/aromatic N) is 2. The van der Waals surface area contributed by atoms with Gasteiger partial charge in [0, 0.05) is 19.0 Å². The molecule has 1 saturated carbocycles. The minimum atomic E-state index is -1.14. The predicted octanol–water partition coefficient (Wildman–Crippen LogP) is 2.47. The molecule has 1 aromatic rings. The highest BCUT2D eigenvalue weighted by Crippen LogP contribution is 2.37. The van der Waals surface area contributed by atoms with Gasteiger partial charge < -0.3 is 15.0 Å². The van der Waals surface area contributed by atoms with Gasteiger partial charge in [-0.15, -0.1) is 0 Å². The molecule has 2 fully saturated rings. The Kier molecular flexibility index (Phi) is 5.49. The molecule has 0 spiro atoms. The lowest BCUT2D eigenvalue weighted by molar-refractivity contribution is -0.158. The lowest BCUT2D eigenvalue weighted by Gasteiger charge is -2.42. The maximum absolute atomic E-state index is 13.3. The van der Waals surface area contributed by atoms with E-state index in [0.717, 1.165) is 25.7 Å². The van der Waals surface area contributed by atoms with Crippen LogP contribution in [0.1, 0.15) is 52.9 Å². The van der Waals surface area contributed by atoms with Gasteiger partial charge in [-0.25, -0.2) is 0 Å². The number of esters is 1.